The average Bonchev–Trinajstić information content (AvgIpc) is 3.10. The molecule has 2 atom stereocenters. The van der Waals surface area contributed by atoms with E-state index in [2.05, 4.69) is 12.2 Å². The lowest BCUT2D eigenvalue weighted by molar-refractivity contribution is -0.0693. The highest BCUT2D eigenvalue weighted by atomic mass is 16.7. The van der Waals surface area contributed by atoms with Gasteiger partial charge in [0, 0.05) is 30.7 Å². The largest absolute Gasteiger partial charge is 0.449 e. The van der Waals surface area contributed by atoms with E-state index < -0.39 is 12.0 Å². The molecule has 2 aromatic rings. The summed E-state index contributed by atoms with van der Waals surface area (Å²) in [6.45, 7) is 4.11. The fraction of sp³-hybridized carbons (Fsp3) is 0.350. The highest BCUT2D eigenvalue weighted by Crippen LogP contribution is 2.43. The van der Waals surface area contributed by atoms with Crippen molar-refractivity contribution in [1.29, 1.82) is 0 Å². The molecule has 2 aliphatic heterocycles. The zero-order chi connectivity index (χ0) is 17.4. The highest BCUT2D eigenvalue weighted by molar-refractivity contribution is 5.94. The van der Waals surface area contributed by atoms with Crippen molar-refractivity contribution < 1.29 is 19.0 Å². The normalized spacial score (nSPS) is 23.3. The van der Waals surface area contributed by atoms with Gasteiger partial charge in [-0.15, -0.1) is 0 Å². The van der Waals surface area contributed by atoms with Crippen molar-refractivity contribution in [3.05, 3.63) is 53.6 Å². The van der Waals surface area contributed by atoms with Gasteiger partial charge in [0.2, 0.25) is 12.0 Å². The van der Waals surface area contributed by atoms with Crippen LogP contribution >= 0.6 is 0 Å². The first kappa shape index (κ1) is 15.8. The molecule has 25 heavy (non-hydrogen) atoms. The zero-order valence-electron chi connectivity index (χ0n) is 14.4. The van der Waals surface area contributed by atoms with Gasteiger partial charge in [0.15, 0.2) is 11.5 Å². The van der Waals surface area contributed by atoms with E-state index in [1.165, 1.54) is 0 Å². The molecule has 2 aliphatic rings. The SMILES string of the molecule is CCCCC1(C)Oc2ccc(NC3OC(=O)c4ccccc43)cc2O1. The number of fused-ring (bicyclic) bond motifs is 2. The van der Waals surface area contributed by atoms with Gasteiger partial charge >= 0.3 is 5.97 Å². The number of carbonyl (C=O) groups is 1. The Hall–Kier alpha value is -2.69. The topological polar surface area (TPSA) is 56.8 Å². The second-order valence-corrected chi connectivity index (χ2v) is 6.62. The molecule has 4 rings (SSSR count). The van der Waals surface area contributed by atoms with Crippen molar-refractivity contribution in [2.75, 3.05) is 5.32 Å². The summed E-state index contributed by atoms with van der Waals surface area (Å²) in [7, 11) is 0. The smallest absolute Gasteiger partial charge is 0.340 e. The van der Waals surface area contributed by atoms with Crippen molar-refractivity contribution in [1.82, 2.24) is 0 Å². The van der Waals surface area contributed by atoms with Gasteiger partial charge in [-0.3, -0.25) is 0 Å². The number of benzene rings is 2. The third-order valence-electron chi connectivity index (χ3n) is 4.57. The molecule has 0 bridgehead atoms. The van der Waals surface area contributed by atoms with Crippen molar-refractivity contribution >= 4 is 11.7 Å². The number of cyclic esters (lactones) is 1. The Balaban J connectivity index is 1.52. The van der Waals surface area contributed by atoms with Crippen LogP contribution in [0.1, 0.15) is 55.3 Å². The molecular weight excluding hydrogens is 318 g/mol. The van der Waals surface area contributed by atoms with Gasteiger partial charge in [-0.05, 0) is 24.6 Å². The van der Waals surface area contributed by atoms with Crippen LogP contribution in [0, 0.1) is 0 Å². The van der Waals surface area contributed by atoms with Gasteiger partial charge in [-0.1, -0.05) is 31.5 Å². The summed E-state index contributed by atoms with van der Waals surface area (Å²) >= 11 is 0. The minimum atomic E-state index is -0.608. The van der Waals surface area contributed by atoms with Gasteiger partial charge in [0.05, 0.1) is 5.56 Å². The third kappa shape index (κ3) is 2.90. The lowest BCUT2D eigenvalue weighted by atomic mass is 10.1. The first-order chi connectivity index (χ1) is 12.1. The van der Waals surface area contributed by atoms with Crippen LogP contribution < -0.4 is 14.8 Å². The van der Waals surface area contributed by atoms with Crippen LogP contribution in [-0.4, -0.2) is 11.8 Å². The molecule has 0 spiro atoms. The van der Waals surface area contributed by atoms with Gasteiger partial charge in [-0.2, -0.15) is 0 Å². The van der Waals surface area contributed by atoms with Crippen LogP contribution in [-0.2, 0) is 4.74 Å². The summed E-state index contributed by atoms with van der Waals surface area (Å²) in [6, 6.07) is 13.1. The van der Waals surface area contributed by atoms with Crippen molar-refractivity contribution in [2.45, 2.75) is 45.1 Å². The van der Waals surface area contributed by atoms with Crippen LogP contribution in [0.2, 0.25) is 0 Å². The van der Waals surface area contributed by atoms with E-state index in [0.29, 0.717) is 11.3 Å². The number of hydrogen-bond donors (Lipinski definition) is 1. The first-order valence-electron chi connectivity index (χ1n) is 8.66. The van der Waals surface area contributed by atoms with Crippen molar-refractivity contribution in [3.8, 4) is 11.5 Å². The molecule has 0 saturated carbocycles. The summed E-state index contributed by atoms with van der Waals surface area (Å²) in [4.78, 5) is 11.9. The molecule has 0 saturated heterocycles. The van der Waals surface area contributed by atoms with E-state index in [1.807, 2.05) is 43.3 Å². The molecule has 0 aliphatic carbocycles. The van der Waals surface area contributed by atoms with E-state index >= 15 is 0 Å². The van der Waals surface area contributed by atoms with Crippen molar-refractivity contribution in [2.24, 2.45) is 0 Å². The predicted molar refractivity (Wildman–Crippen MR) is 93.8 cm³/mol. The second kappa shape index (κ2) is 5.99. The fourth-order valence-electron chi connectivity index (χ4n) is 3.25. The first-order valence-corrected chi connectivity index (χ1v) is 8.66. The molecule has 130 valence electrons. The van der Waals surface area contributed by atoms with E-state index in [4.69, 9.17) is 14.2 Å². The number of rotatable bonds is 5. The van der Waals surface area contributed by atoms with Crippen LogP contribution in [0.5, 0.6) is 11.5 Å². The number of ether oxygens (including phenoxy) is 3. The summed E-state index contributed by atoms with van der Waals surface area (Å²) in [5, 5.41) is 3.25. The number of carbonyl (C=O) groups excluding carboxylic acids is 1. The Morgan fingerprint density at radius 1 is 1.12 bits per heavy atom. The summed E-state index contributed by atoms with van der Waals surface area (Å²) in [5.74, 6) is 0.541. The predicted octanol–water partition coefficient (Wildman–Crippen LogP) is 4.65. The minimum absolute atomic E-state index is 0.305. The molecule has 5 heteroatoms. The molecule has 2 unspecified atom stereocenters. The average molecular weight is 339 g/mol. The summed E-state index contributed by atoms with van der Waals surface area (Å²) < 4.78 is 17.4. The maximum atomic E-state index is 11.9. The summed E-state index contributed by atoms with van der Waals surface area (Å²) in [6.07, 6.45) is 2.49. The van der Waals surface area contributed by atoms with E-state index in [0.717, 1.165) is 36.3 Å². The number of anilines is 1. The number of nitrogens with one attached hydrogen (secondary N) is 1. The van der Waals surface area contributed by atoms with Gasteiger partial charge in [-0.25, -0.2) is 4.79 Å². The molecule has 0 amide bonds. The quantitative estimate of drug-likeness (QED) is 0.804. The van der Waals surface area contributed by atoms with Gasteiger partial charge in [0.1, 0.15) is 0 Å². The van der Waals surface area contributed by atoms with E-state index in [9.17, 15) is 4.79 Å². The molecule has 0 fully saturated rings. The monoisotopic (exact) mass is 339 g/mol. The van der Waals surface area contributed by atoms with Gasteiger partial charge in [0.25, 0.3) is 0 Å². The number of unbranched alkanes of at least 4 members (excludes halogenated alkanes) is 1. The van der Waals surface area contributed by atoms with Crippen LogP contribution in [0.4, 0.5) is 5.69 Å². The maximum absolute atomic E-state index is 11.9. The molecule has 2 heterocycles. The molecule has 1 N–H and O–H groups in total. The Kier molecular flexibility index (Phi) is 3.79. The number of hydrogen-bond acceptors (Lipinski definition) is 5. The van der Waals surface area contributed by atoms with E-state index in [-0.39, 0.29) is 5.97 Å². The summed E-state index contributed by atoms with van der Waals surface area (Å²) in [5.41, 5.74) is 2.27. The van der Waals surface area contributed by atoms with Crippen LogP contribution in [0.15, 0.2) is 42.5 Å². The second-order valence-electron chi connectivity index (χ2n) is 6.62. The van der Waals surface area contributed by atoms with Crippen LogP contribution in [0.25, 0.3) is 0 Å². The lowest BCUT2D eigenvalue weighted by Gasteiger charge is -2.22. The molecule has 5 nitrogen and oxygen atoms in total. The lowest BCUT2D eigenvalue weighted by Crippen LogP contribution is -2.34. The highest BCUT2D eigenvalue weighted by Gasteiger charge is 2.36. The molecule has 0 radical (unpaired) electrons. The zero-order valence-corrected chi connectivity index (χ0v) is 14.4. The standard InChI is InChI=1S/C20H21NO4/c1-3-4-11-20(2)24-16-10-9-13(12-17(16)25-20)21-18-14-7-5-6-8-15(14)19(22)23-18/h5-10,12,18,21H,3-4,11H2,1-2H3. The van der Waals surface area contributed by atoms with E-state index in [1.54, 1.807) is 6.07 Å². The fourth-order valence-corrected chi connectivity index (χ4v) is 3.25. The Morgan fingerprint density at radius 2 is 1.92 bits per heavy atom. The van der Waals surface area contributed by atoms with Crippen molar-refractivity contribution in [3.63, 3.8) is 0 Å². The molecular formula is C20H21NO4. The minimum Gasteiger partial charge on any atom is -0.449 e. The Bertz CT molecular complexity index is 819. The number of esters is 1. The molecule has 2 aromatic carbocycles. The third-order valence-corrected chi connectivity index (χ3v) is 4.57. The Labute approximate surface area is 146 Å². The van der Waals surface area contributed by atoms with Gasteiger partial charge < -0.3 is 19.5 Å². The Morgan fingerprint density at radius 3 is 2.76 bits per heavy atom. The van der Waals surface area contributed by atoms with Crippen LogP contribution in [0.3, 0.4) is 0 Å². The maximum Gasteiger partial charge on any atom is 0.340 e. The molecule has 0 aromatic heterocycles.